The third-order valence-electron chi connectivity index (χ3n) is 3.62. The van der Waals surface area contributed by atoms with E-state index in [0.29, 0.717) is 29.6 Å². The van der Waals surface area contributed by atoms with E-state index in [1.54, 1.807) is 30.7 Å². The molecule has 0 aromatic carbocycles. The predicted molar refractivity (Wildman–Crippen MR) is 83.4 cm³/mol. The molecule has 1 aromatic rings. The van der Waals surface area contributed by atoms with E-state index in [0.717, 1.165) is 0 Å². The fourth-order valence-electron chi connectivity index (χ4n) is 2.40. The fourth-order valence-corrected chi connectivity index (χ4v) is 3.31. The molecule has 0 aliphatic carbocycles. The Labute approximate surface area is 128 Å². The summed E-state index contributed by atoms with van der Waals surface area (Å²) in [6.45, 7) is 7.17. The van der Waals surface area contributed by atoms with E-state index in [2.05, 4.69) is 10.3 Å². The Hall–Kier alpha value is -1.83. The van der Waals surface area contributed by atoms with E-state index in [-0.39, 0.29) is 17.6 Å². The van der Waals surface area contributed by atoms with Crippen molar-refractivity contribution in [3.63, 3.8) is 0 Å². The maximum absolute atomic E-state index is 12.7. The summed E-state index contributed by atoms with van der Waals surface area (Å²) in [7, 11) is 1.75. The van der Waals surface area contributed by atoms with Crippen molar-refractivity contribution in [2.24, 2.45) is 0 Å². The van der Waals surface area contributed by atoms with Gasteiger partial charge in [0, 0.05) is 26.7 Å². The molecule has 0 radical (unpaired) electrons. The van der Waals surface area contributed by atoms with Gasteiger partial charge in [-0.05, 0) is 20.8 Å². The molecule has 3 N–H and O–H groups in total. The van der Waals surface area contributed by atoms with E-state index < -0.39 is 5.54 Å². The lowest BCUT2D eigenvalue weighted by molar-refractivity contribution is -0.144. The monoisotopic (exact) mass is 311 g/mol. The van der Waals surface area contributed by atoms with Gasteiger partial charge in [-0.1, -0.05) is 11.3 Å². The molecule has 2 heterocycles. The highest BCUT2D eigenvalue weighted by molar-refractivity contribution is 7.18. The second-order valence-corrected chi connectivity index (χ2v) is 6.51. The van der Waals surface area contributed by atoms with E-state index in [9.17, 15) is 9.59 Å². The van der Waals surface area contributed by atoms with Gasteiger partial charge in [0.1, 0.15) is 16.2 Å². The lowest BCUT2D eigenvalue weighted by atomic mass is 9.97. The van der Waals surface area contributed by atoms with Gasteiger partial charge < -0.3 is 20.9 Å². The second-order valence-electron chi connectivity index (χ2n) is 5.51. The van der Waals surface area contributed by atoms with Crippen molar-refractivity contribution in [3.05, 3.63) is 4.88 Å². The summed E-state index contributed by atoms with van der Waals surface area (Å²) in [5, 5.41) is 3.67. The quantitative estimate of drug-likeness (QED) is 0.863. The Morgan fingerprint density at radius 2 is 2.14 bits per heavy atom. The highest BCUT2D eigenvalue weighted by Gasteiger charge is 2.44. The van der Waals surface area contributed by atoms with Gasteiger partial charge in [-0.25, -0.2) is 4.98 Å². The van der Waals surface area contributed by atoms with Gasteiger partial charge >= 0.3 is 0 Å². The van der Waals surface area contributed by atoms with Crippen molar-refractivity contribution in [1.82, 2.24) is 14.8 Å². The van der Waals surface area contributed by atoms with Crippen LogP contribution >= 0.6 is 11.3 Å². The summed E-state index contributed by atoms with van der Waals surface area (Å²) in [5.74, 6) is -0.0965. The number of piperazine rings is 1. The van der Waals surface area contributed by atoms with Crippen molar-refractivity contribution >= 4 is 34.1 Å². The first-order valence-electron chi connectivity index (χ1n) is 6.86. The Morgan fingerprint density at radius 3 is 2.76 bits per heavy atom. The summed E-state index contributed by atoms with van der Waals surface area (Å²) in [6, 6.07) is 0. The van der Waals surface area contributed by atoms with Crippen LogP contribution in [-0.2, 0) is 4.79 Å². The first-order chi connectivity index (χ1) is 9.78. The molecule has 7 nitrogen and oxygen atoms in total. The van der Waals surface area contributed by atoms with Crippen LogP contribution in [0.2, 0.25) is 0 Å². The molecule has 0 bridgehead atoms. The number of thiazole rings is 1. The molecule has 0 spiro atoms. The number of nitrogens with zero attached hydrogens (tertiary/aromatic N) is 3. The minimum absolute atomic E-state index is 0.0721. The number of aromatic nitrogens is 1. The molecular formula is C13H21N5O2S. The summed E-state index contributed by atoms with van der Waals surface area (Å²) >= 11 is 1.23. The standard InChI is InChI=1S/C13H21N5O2S/c1-5-15-12-16-9(14)8(21-12)10(19)18-7-6-17(4)11(20)13(18,2)3/h5-7,14H2,1-4H3,(H,15,16). The zero-order valence-corrected chi connectivity index (χ0v) is 13.6. The number of anilines is 2. The summed E-state index contributed by atoms with van der Waals surface area (Å²) < 4.78 is 0. The Morgan fingerprint density at radius 1 is 1.48 bits per heavy atom. The minimum atomic E-state index is -0.876. The maximum Gasteiger partial charge on any atom is 0.268 e. The van der Waals surface area contributed by atoms with Crippen molar-refractivity contribution in [1.29, 1.82) is 0 Å². The molecule has 1 aliphatic heterocycles. The van der Waals surface area contributed by atoms with E-state index >= 15 is 0 Å². The van der Waals surface area contributed by atoms with Crippen molar-refractivity contribution < 1.29 is 9.59 Å². The molecule has 0 atom stereocenters. The molecule has 1 aliphatic rings. The third-order valence-corrected chi connectivity index (χ3v) is 4.64. The summed E-state index contributed by atoms with van der Waals surface area (Å²) in [4.78, 5) is 32.7. The molecule has 0 saturated carbocycles. The maximum atomic E-state index is 12.7. The smallest absolute Gasteiger partial charge is 0.268 e. The lowest BCUT2D eigenvalue weighted by Gasteiger charge is -2.44. The number of amides is 2. The zero-order chi connectivity index (χ0) is 15.8. The van der Waals surface area contributed by atoms with Gasteiger partial charge in [-0.15, -0.1) is 0 Å². The van der Waals surface area contributed by atoms with Crippen LogP contribution in [-0.4, -0.2) is 58.8 Å². The number of carbonyl (C=O) groups excluding carboxylic acids is 2. The number of nitrogens with two attached hydrogens (primary N) is 1. The van der Waals surface area contributed by atoms with Crippen LogP contribution in [0.1, 0.15) is 30.4 Å². The van der Waals surface area contributed by atoms with Gasteiger partial charge in [-0.2, -0.15) is 0 Å². The number of hydrogen-bond donors (Lipinski definition) is 2. The van der Waals surface area contributed by atoms with Crippen molar-refractivity contribution in [3.8, 4) is 0 Å². The van der Waals surface area contributed by atoms with Gasteiger partial charge in [0.15, 0.2) is 5.13 Å². The number of nitrogen functional groups attached to an aromatic ring is 1. The molecule has 0 unspecified atom stereocenters. The predicted octanol–water partition coefficient (Wildman–Crippen LogP) is 0.850. The number of rotatable bonds is 3. The van der Waals surface area contributed by atoms with Gasteiger partial charge in [-0.3, -0.25) is 9.59 Å². The molecule has 116 valence electrons. The second kappa shape index (κ2) is 5.51. The van der Waals surface area contributed by atoms with Crippen LogP contribution in [0.25, 0.3) is 0 Å². The summed E-state index contributed by atoms with van der Waals surface area (Å²) in [5.41, 5.74) is 4.97. The SMILES string of the molecule is CCNc1nc(N)c(C(=O)N2CCN(C)C(=O)C2(C)C)s1. The average Bonchev–Trinajstić information content (AvgIpc) is 2.77. The van der Waals surface area contributed by atoms with Crippen molar-refractivity contribution in [2.75, 3.05) is 37.7 Å². The van der Waals surface area contributed by atoms with E-state index in [4.69, 9.17) is 5.73 Å². The number of likely N-dealkylation sites (N-methyl/N-ethyl adjacent to an activating group) is 1. The molecule has 1 fully saturated rings. The topological polar surface area (TPSA) is 91.6 Å². The van der Waals surface area contributed by atoms with Crippen LogP contribution in [0.15, 0.2) is 0 Å². The van der Waals surface area contributed by atoms with Crippen LogP contribution in [0, 0.1) is 0 Å². The molecule has 1 saturated heterocycles. The van der Waals surface area contributed by atoms with Gasteiger partial charge in [0.05, 0.1) is 0 Å². The highest BCUT2D eigenvalue weighted by atomic mass is 32.1. The van der Waals surface area contributed by atoms with E-state index in [1.165, 1.54) is 11.3 Å². The van der Waals surface area contributed by atoms with Crippen molar-refractivity contribution in [2.45, 2.75) is 26.3 Å². The molecule has 1 aromatic heterocycles. The lowest BCUT2D eigenvalue weighted by Crippen LogP contribution is -2.63. The Kier molecular flexibility index (Phi) is 4.08. The molecule has 21 heavy (non-hydrogen) atoms. The number of carbonyl (C=O) groups is 2. The molecule has 2 rings (SSSR count). The average molecular weight is 311 g/mol. The van der Waals surface area contributed by atoms with Crippen LogP contribution in [0.5, 0.6) is 0 Å². The number of hydrogen-bond acceptors (Lipinski definition) is 6. The highest BCUT2D eigenvalue weighted by Crippen LogP contribution is 2.30. The van der Waals surface area contributed by atoms with Crippen LogP contribution < -0.4 is 11.1 Å². The largest absolute Gasteiger partial charge is 0.382 e. The van der Waals surface area contributed by atoms with Gasteiger partial charge in [0.2, 0.25) is 5.91 Å². The molecule has 8 heteroatoms. The molecular weight excluding hydrogens is 290 g/mol. The normalized spacial score (nSPS) is 18.0. The molecule has 2 amide bonds. The minimum Gasteiger partial charge on any atom is -0.382 e. The van der Waals surface area contributed by atoms with Crippen LogP contribution in [0.4, 0.5) is 10.9 Å². The zero-order valence-electron chi connectivity index (χ0n) is 12.8. The van der Waals surface area contributed by atoms with E-state index in [1.807, 2.05) is 6.92 Å². The van der Waals surface area contributed by atoms with Crippen LogP contribution in [0.3, 0.4) is 0 Å². The first-order valence-corrected chi connectivity index (χ1v) is 7.68. The Balaban J connectivity index is 2.29. The number of nitrogens with one attached hydrogen (secondary N) is 1. The Bertz CT molecular complexity index is 569. The van der Waals surface area contributed by atoms with Gasteiger partial charge in [0.25, 0.3) is 5.91 Å². The summed E-state index contributed by atoms with van der Waals surface area (Å²) in [6.07, 6.45) is 0. The first kappa shape index (κ1) is 15.6. The third kappa shape index (κ3) is 2.67. The fraction of sp³-hybridized carbons (Fsp3) is 0.615.